The van der Waals surface area contributed by atoms with Gasteiger partial charge in [-0.25, -0.2) is 9.78 Å². The molecule has 0 spiro atoms. The van der Waals surface area contributed by atoms with Gasteiger partial charge in [-0.05, 0) is 23.8 Å². The van der Waals surface area contributed by atoms with Gasteiger partial charge in [-0.2, -0.15) is 21.6 Å². The number of sulfonamides is 1. The van der Waals surface area contributed by atoms with Crippen molar-refractivity contribution < 1.29 is 31.5 Å². The second-order valence-corrected chi connectivity index (χ2v) is 8.19. The SMILES string of the molecule is O=C(O)c1sc(-c2ccccc2)cc1NS(=O)(=O)c1ccc(C(F)(F)F)cn1. The zero-order valence-electron chi connectivity index (χ0n) is 13.8. The van der Waals surface area contributed by atoms with E-state index in [2.05, 4.69) is 9.71 Å². The number of nitrogens with one attached hydrogen (secondary N) is 1. The minimum Gasteiger partial charge on any atom is -0.477 e. The third-order valence-corrected chi connectivity index (χ3v) is 6.02. The van der Waals surface area contributed by atoms with Crippen LogP contribution in [0.5, 0.6) is 0 Å². The predicted octanol–water partition coefficient (Wildman–Crippen LogP) is 4.33. The molecule has 2 N–H and O–H groups in total. The minimum absolute atomic E-state index is 0.196. The fraction of sp³-hybridized carbons (Fsp3) is 0.0588. The standard InChI is InChI=1S/C17H11F3N2O4S2/c18-17(19,20)11-6-7-14(21-9-11)28(25,26)22-12-8-13(27-15(12)16(23)24)10-4-2-1-3-5-10/h1-9,22H,(H,23,24). The van der Waals surface area contributed by atoms with E-state index in [0.29, 0.717) is 28.8 Å². The lowest BCUT2D eigenvalue weighted by Crippen LogP contribution is -2.16. The molecule has 3 aromatic rings. The maximum Gasteiger partial charge on any atom is 0.417 e. The van der Waals surface area contributed by atoms with Crippen LogP contribution in [0.1, 0.15) is 15.2 Å². The van der Waals surface area contributed by atoms with Crippen molar-refractivity contribution in [3.8, 4) is 10.4 Å². The van der Waals surface area contributed by atoms with Crippen molar-refractivity contribution in [2.45, 2.75) is 11.2 Å². The van der Waals surface area contributed by atoms with Gasteiger partial charge < -0.3 is 5.11 Å². The van der Waals surface area contributed by atoms with Crippen LogP contribution in [0.3, 0.4) is 0 Å². The molecule has 6 nitrogen and oxygen atoms in total. The minimum atomic E-state index is -4.66. The van der Waals surface area contributed by atoms with Gasteiger partial charge in [0.2, 0.25) is 0 Å². The first kappa shape index (κ1) is 19.8. The van der Waals surface area contributed by atoms with Crippen molar-refractivity contribution in [2.24, 2.45) is 0 Å². The van der Waals surface area contributed by atoms with Gasteiger partial charge in [0.25, 0.3) is 10.0 Å². The summed E-state index contributed by atoms with van der Waals surface area (Å²) in [5.41, 5.74) is -0.606. The Hall–Kier alpha value is -2.92. The van der Waals surface area contributed by atoms with E-state index in [-0.39, 0.29) is 10.6 Å². The average molecular weight is 428 g/mol. The molecule has 1 aromatic carbocycles. The van der Waals surface area contributed by atoms with Gasteiger partial charge in [0, 0.05) is 11.1 Å². The molecule has 0 unspecified atom stereocenters. The Bertz CT molecular complexity index is 1110. The first-order valence-corrected chi connectivity index (χ1v) is 9.86. The highest BCUT2D eigenvalue weighted by Crippen LogP contribution is 2.36. The van der Waals surface area contributed by atoms with E-state index in [0.717, 1.165) is 11.3 Å². The van der Waals surface area contributed by atoms with Crippen molar-refractivity contribution >= 4 is 33.0 Å². The Morgan fingerprint density at radius 3 is 2.32 bits per heavy atom. The monoisotopic (exact) mass is 428 g/mol. The number of alkyl halides is 3. The number of hydrogen-bond donors (Lipinski definition) is 2. The molecule has 0 radical (unpaired) electrons. The molecule has 146 valence electrons. The van der Waals surface area contributed by atoms with Crippen LogP contribution in [0, 0.1) is 0 Å². The van der Waals surface area contributed by atoms with Crippen LogP contribution in [0.4, 0.5) is 18.9 Å². The average Bonchev–Trinajstić information content (AvgIpc) is 3.05. The summed E-state index contributed by atoms with van der Waals surface area (Å²) in [7, 11) is -4.39. The van der Waals surface area contributed by atoms with Gasteiger partial charge in [0.05, 0.1) is 11.3 Å². The molecule has 2 heterocycles. The van der Waals surface area contributed by atoms with Gasteiger partial charge >= 0.3 is 12.1 Å². The van der Waals surface area contributed by atoms with Crippen molar-refractivity contribution in [1.29, 1.82) is 0 Å². The number of carboxylic acids is 1. The molecule has 0 saturated heterocycles. The fourth-order valence-electron chi connectivity index (χ4n) is 2.27. The Labute approximate surface area is 161 Å². The predicted molar refractivity (Wildman–Crippen MR) is 96.8 cm³/mol. The quantitative estimate of drug-likeness (QED) is 0.631. The molecule has 0 amide bonds. The smallest absolute Gasteiger partial charge is 0.417 e. The number of aromatic nitrogens is 1. The van der Waals surface area contributed by atoms with Crippen LogP contribution in [-0.2, 0) is 16.2 Å². The molecule has 0 bridgehead atoms. The molecular weight excluding hydrogens is 417 g/mol. The highest BCUT2D eigenvalue weighted by atomic mass is 32.2. The normalized spacial score (nSPS) is 12.0. The van der Waals surface area contributed by atoms with Crippen molar-refractivity contribution in [3.05, 3.63) is 65.2 Å². The summed E-state index contributed by atoms with van der Waals surface area (Å²) >= 11 is 0.867. The number of thiophene rings is 1. The summed E-state index contributed by atoms with van der Waals surface area (Å²) in [6.45, 7) is 0. The van der Waals surface area contributed by atoms with Gasteiger partial charge in [-0.15, -0.1) is 11.3 Å². The van der Waals surface area contributed by atoms with Gasteiger partial charge in [-0.1, -0.05) is 30.3 Å². The van der Waals surface area contributed by atoms with Crippen LogP contribution in [0.2, 0.25) is 0 Å². The number of carbonyl (C=O) groups is 1. The van der Waals surface area contributed by atoms with E-state index in [4.69, 9.17) is 0 Å². The zero-order valence-corrected chi connectivity index (χ0v) is 15.4. The maximum atomic E-state index is 12.6. The van der Waals surface area contributed by atoms with Gasteiger partial charge in [0.15, 0.2) is 5.03 Å². The molecular formula is C17H11F3N2O4S2. The number of aromatic carboxylic acids is 1. The van der Waals surface area contributed by atoms with E-state index in [9.17, 15) is 31.5 Å². The van der Waals surface area contributed by atoms with E-state index >= 15 is 0 Å². The summed E-state index contributed by atoms with van der Waals surface area (Å²) in [5.74, 6) is -1.34. The summed E-state index contributed by atoms with van der Waals surface area (Å²) in [6.07, 6.45) is -4.26. The lowest BCUT2D eigenvalue weighted by molar-refractivity contribution is -0.137. The zero-order chi connectivity index (χ0) is 20.5. The lowest BCUT2D eigenvalue weighted by atomic mass is 10.2. The first-order valence-electron chi connectivity index (χ1n) is 7.56. The second kappa shape index (κ2) is 7.24. The van der Waals surface area contributed by atoms with Crippen molar-refractivity contribution in [3.63, 3.8) is 0 Å². The fourth-order valence-corrected chi connectivity index (χ4v) is 4.29. The largest absolute Gasteiger partial charge is 0.477 e. The third-order valence-electron chi connectivity index (χ3n) is 3.57. The topological polar surface area (TPSA) is 96.4 Å². The lowest BCUT2D eigenvalue weighted by Gasteiger charge is -2.09. The summed E-state index contributed by atoms with van der Waals surface area (Å²) in [6, 6.07) is 11.4. The van der Waals surface area contributed by atoms with Gasteiger partial charge in [-0.3, -0.25) is 4.72 Å². The number of rotatable bonds is 5. The van der Waals surface area contributed by atoms with Crippen LogP contribution in [0.15, 0.2) is 59.8 Å². The van der Waals surface area contributed by atoms with Crippen LogP contribution >= 0.6 is 11.3 Å². The summed E-state index contributed by atoms with van der Waals surface area (Å²) < 4.78 is 64.8. The van der Waals surface area contributed by atoms with Crippen LogP contribution < -0.4 is 4.72 Å². The van der Waals surface area contributed by atoms with E-state index in [1.54, 1.807) is 30.3 Å². The van der Waals surface area contributed by atoms with E-state index < -0.39 is 32.8 Å². The van der Waals surface area contributed by atoms with Crippen molar-refractivity contribution in [1.82, 2.24) is 4.98 Å². The van der Waals surface area contributed by atoms with Crippen LogP contribution in [-0.4, -0.2) is 24.5 Å². The number of benzene rings is 1. The van der Waals surface area contributed by atoms with E-state index in [1.807, 2.05) is 0 Å². The Kier molecular flexibility index (Phi) is 5.13. The molecule has 0 aliphatic rings. The molecule has 0 saturated carbocycles. The third kappa shape index (κ3) is 4.15. The summed E-state index contributed by atoms with van der Waals surface area (Å²) in [5, 5.41) is 8.69. The molecule has 11 heteroatoms. The summed E-state index contributed by atoms with van der Waals surface area (Å²) in [4.78, 5) is 15.1. The molecule has 0 atom stereocenters. The first-order chi connectivity index (χ1) is 13.1. The maximum absolute atomic E-state index is 12.6. The highest BCUT2D eigenvalue weighted by molar-refractivity contribution is 7.92. The van der Waals surface area contributed by atoms with Crippen LogP contribution in [0.25, 0.3) is 10.4 Å². The number of hydrogen-bond acceptors (Lipinski definition) is 5. The Balaban J connectivity index is 1.96. The molecule has 0 fully saturated rings. The second-order valence-electron chi connectivity index (χ2n) is 5.51. The molecule has 3 rings (SSSR count). The molecule has 0 aliphatic carbocycles. The number of pyridine rings is 1. The highest BCUT2D eigenvalue weighted by Gasteiger charge is 2.31. The van der Waals surface area contributed by atoms with Gasteiger partial charge in [0.1, 0.15) is 4.88 Å². The Morgan fingerprint density at radius 2 is 1.79 bits per heavy atom. The molecule has 28 heavy (non-hydrogen) atoms. The van der Waals surface area contributed by atoms with Crippen molar-refractivity contribution in [2.75, 3.05) is 4.72 Å². The number of halogens is 3. The number of anilines is 1. The Morgan fingerprint density at radius 1 is 1.11 bits per heavy atom. The molecule has 0 aliphatic heterocycles. The number of carboxylic acid groups (broad SMARTS) is 1. The van der Waals surface area contributed by atoms with E-state index in [1.165, 1.54) is 6.07 Å². The number of nitrogens with zero attached hydrogens (tertiary/aromatic N) is 1. The molecule has 2 aromatic heterocycles.